The normalized spacial score (nSPS) is 22.8. The van der Waals surface area contributed by atoms with E-state index in [1.165, 1.54) is 19.4 Å². The number of nitrogens with two attached hydrogens (primary N) is 3. The quantitative estimate of drug-likeness (QED) is 0.0629. The molecule has 20 heteroatoms. The molecule has 302 valence electrons. The molecule has 3 heterocycles. The Balaban J connectivity index is 1.63. The van der Waals surface area contributed by atoms with Gasteiger partial charge in [0.25, 0.3) is 0 Å². The van der Waals surface area contributed by atoms with Gasteiger partial charge in [-0.3, -0.25) is 38.6 Å². The van der Waals surface area contributed by atoms with E-state index in [0.29, 0.717) is 24.1 Å². The van der Waals surface area contributed by atoms with E-state index in [-0.39, 0.29) is 64.0 Å². The van der Waals surface area contributed by atoms with Gasteiger partial charge in [0.2, 0.25) is 41.4 Å². The number of nitrogens with zero attached hydrogens (tertiary/aromatic N) is 2. The van der Waals surface area contributed by atoms with Crippen molar-refractivity contribution in [1.82, 2.24) is 46.9 Å². The first kappa shape index (κ1) is 42.3. The molecule has 1 aliphatic heterocycles. The molecule has 7 amide bonds. The summed E-state index contributed by atoms with van der Waals surface area (Å²) in [7, 11) is 0. The molecule has 4 rings (SSSR count). The molecule has 0 aliphatic carbocycles. The minimum Gasteiger partial charge on any atom is -0.370 e. The fraction of sp³-hybridized carbons (Fsp3) is 0.472. The van der Waals surface area contributed by atoms with Gasteiger partial charge in [-0.1, -0.05) is 18.2 Å². The van der Waals surface area contributed by atoms with Gasteiger partial charge in [-0.2, -0.15) is 0 Å². The van der Waals surface area contributed by atoms with Crippen molar-refractivity contribution in [3.8, 4) is 0 Å². The molecule has 5 atom stereocenters. The standard InChI is InChI=1S/C36H51N13O7/c1-20-32(53)48-26(10-6-14-42-36(38)39)33(54)49-27(15-21-17-43-24-8-3-2-7-23(21)24)35(56)47-25(31(37)52)9-4-5-13-41-29(50)11-12-30(51)46-28(34(55)45-20)16-22-18-40-19-44-22/h2-3,7-8,17-20,25-28,43H,4-6,9-16H2,1H3,(H2,37,52)(H,40,44)(H,41,50)(H,45,55)(H,46,51)(H,47,56)(H,48,53)(H,49,54)(H4,38,39,42)/t20-,25-,26+,27-,28+/m1/s1. The number of fused-ring (bicyclic) bond motifs is 1. The van der Waals surface area contributed by atoms with Crippen LogP contribution in [0.3, 0.4) is 0 Å². The molecule has 56 heavy (non-hydrogen) atoms. The lowest BCUT2D eigenvalue weighted by Crippen LogP contribution is -2.59. The van der Waals surface area contributed by atoms with Crippen LogP contribution in [0, 0.1) is 0 Å². The molecule has 1 aromatic carbocycles. The zero-order chi connectivity index (χ0) is 40.6. The maximum absolute atomic E-state index is 14.0. The highest BCUT2D eigenvalue weighted by molar-refractivity contribution is 5.97. The molecule has 14 N–H and O–H groups in total. The summed E-state index contributed by atoms with van der Waals surface area (Å²) in [6, 6.07) is 1.49. The van der Waals surface area contributed by atoms with Gasteiger partial charge in [0.05, 0.1) is 6.33 Å². The number of aromatic amines is 2. The second-order valence-electron chi connectivity index (χ2n) is 13.6. The van der Waals surface area contributed by atoms with E-state index < -0.39 is 71.6 Å². The Bertz CT molecular complexity index is 1870. The van der Waals surface area contributed by atoms with Crippen molar-refractivity contribution < 1.29 is 33.6 Å². The minimum absolute atomic E-state index is 0.000109. The Morgan fingerprint density at radius 2 is 1.50 bits per heavy atom. The van der Waals surface area contributed by atoms with E-state index in [1.807, 2.05) is 24.3 Å². The van der Waals surface area contributed by atoms with E-state index in [9.17, 15) is 33.6 Å². The number of hydrogen-bond donors (Lipinski definition) is 11. The van der Waals surface area contributed by atoms with Crippen LogP contribution < -0.4 is 49.1 Å². The van der Waals surface area contributed by atoms with Gasteiger partial charge in [0, 0.05) is 67.8 Å². The van der Waals surface area contributed by atoms with Crippen LogP contribution >= 0.6 is 0 Å². The lowest BCUT2D eigenvalue weighted by Gasteiger charge is -2.26. The number of imidazole rings is 1. The van der Waals surface area contributed by atoms with Gasteiger partial charge < -0.3 is 59.1 Å². The second kappa shape index (κ2) is 20.8. The first-order valence-corrected chi connectivity index (χ1v) is 18.4. The number of nitrogens with one attached hydrogen (secondary N) is 8. The number of aromatic nitrogens is 3. The predicted octanol–water partition coefficient (Wildman–Crippen LogP) is -2.26. The highest BCUT2D eigenvalue weighted by atomic mass is 16.2. The van der Waals surface area contributed by atoms with Crippen molar-refractivity contribution in [2.24, 2.45) is 22.2 Å². The summed E-state index contributed by atoms with van der Waals surface area (Å²) in [4.78, 5) is 107. The molecule has 2 aromatic heterocycles. The van der Waals surface area contributed by atoms with E-state index in [4.69, 9.17) is 17.2 Å². The van der Waals surface area contributed by atoms with Crippen molar-refractivity contribution in [2.45, 2.75) is 94.9 Å². The average Bonchev–Trinajstić information content (AvgIpc) is 3.83. The predicted molar refractivity (Wildman–Crippen MR) is 205 cm³/mol. The highest BCUT2D eigenvalue weighted by Crippen LogP contribution is 2.19. The topological polar surface area (TPSA) is 327 Å². The van der Waals surface area contributed by atoms with E-state index >= 15 is 0 Å². The van der Waals surface area contributed by atoms with Crippen LogP contribution in [0.2, 0.25) is 0 Å². The number of carbonyl (C=O) groups excluding carboxylic acids is 7. The minimum atomic E-state index is -1.23. The maximum atomic E-state index is 14.0. The van der Waals surface area contributed by atoms with Crippen LogP contribution in [0.1, 0.15) is 63.1 Å². The third kappa shape index (κ3) is 13.1. The Kier molecular flexibility index (Phi) is 15.7. The third-order valence-electron chi connectivity index (χ3n) is 9.17. The molecule has 0 unspecified atom stereocenters. The van der Waals surface area contributed by atoms with Crippen molar-refractivity contribution in [3.63, 3.8) is 0 Å². The van der Waals surface area contributed by atoms with Crippen LogP contribution in [0.5, 0.6) is 0 Å². The molecule has 1 saturated heterocycles. The molecule has 3 aromatic rings. The molecule has 1 fully saturated rings. The van der Waals surface area contributed by atoms with Gasteiger partial charge >= 0.3 is 0 Å². The highest BCUT2D eigenvalue weighted by Gasteiger charge is 2.32. The molecule has 0 radical (unpaired) electrons. The molecular formula is C36H51N13O7. The van der Waals surface area contributed by atoms with Gasteiger partial charge in [-0.25, -0.2) is 4.98 Å². The second-order valence-corrected chi connectivity index (χ2v) is 13.6. The van der Waals surface area contributed by atoms with Crippen molar-refractivity contribution in [1.29, 1.82) is 0 Å². The number of benzene rings is 1. The summed E-state index contributed by atoms with van der Waals surface area (Å²) in [5.41, 5.74) is 18.6. The Hall–Kier alpha value is -6.47. The maximum Gasteiger partial charge on any atom is 0.243 e. The number of guanidine groups is 1. The summed E-state index contributed by atoms with van der Waals surface area (Å²) in [5.74, 6) is -4.78. The molecule has 1 aliphatic rings. The fourth-order valence-corrected chi connectivity index (χ4v) is 6.12. The monoisotopic (exact) mass is 777 g/mol. The summed E-state index contributed by atoms with van der Waals surface area (Å²) in [5, 5.41) is 16.8. The van der Waals surface area contributed by atoms with Crippen LogP contribution in [0.4, 0.5) is 0 Å². The Morgan fingerprint density at radius 3 is 2.23 bits per heavy atom. The SMILES string of the molecule is C[C@H]1NC(=O)[C@H](Cc2cnc[nH]2)NC(=O)CCC(=O)NCCCC[C@H](C(N)=O)NC(=O)[C@@H](Cc2c[nH]c3ccccc23)NC(=O)[C@H](CCCN=C(N)N)NC1=O. The van der Waals surface area contributed by atoms with Gasteiger partial charge in [0.1, 0.15) is 30.2 Å². The third-order valence-corrected chi connectivity index (χ3v) is 9.17. The number of aliphatic imine (C=N–C) groups is 1. The molecule has 0 spiro atoms. The number of amides is 7. The lowest BCUT2D eigenvalue weighted by atomic mass is 10.0. The summed E-state index contributed by atoms with van der Waals surface area (Å²) < 4.78 is 0. The summed E-state index contributed by atoms with van der Waals surface area (Å²) >= 11 is 0. The first-order chi connectivity index (χ1) is 26.8. The molecule has 0 bridgehead atoms. The number of carbonyl (C=O) groups is 7. The van der Waals surface area contributed by atoms with Gasteiger partial charge in [-0.15, -0.1) is 0 Å². The average molecular weight is 778 g/mol. The number of para-hydroxylation sites is 1. The van der Waals surface area contributed by atoms with E-state index in [2.05, 4.69) is 51.8 Å². The molecule has 0 saturated carbocycles. The largest absolute Gasteiger partial charge is 0.370 e. The summed E-state index contributed by atoms with van der Waals surface area (Å²) in [6.07, 6.45) is 5.48. The zero-order valence-corrected chi connectivity index (χ0v) is 31.2. The number of hydrogen-bond acceptors (Lipinski definition) is 9. The fourth-order valence-electron chi connectivity index (χ4n) is 6.12. The van der Waals surface area contributed by atoms with Crippen molar-refractivity contribution >= 4 is 58.2 Å². The smallest absolute Gasteiger partial charge is 0.243 e. The van der Waals surface area contributed by atoms with Crippen molar-refractivity contribution in [2.75, 3.05) is 13.1 Å². The Labute approximate surface area is 322 Å². The van der Waals surface area contributed by atoms with E-state index in [0.717, 1.165) is 10.9 Å². The Morgan fingerprint density at radius 1 is 0.804 bits per heavy atom. The summed E-state index contributed by atoms with van der Waals surface area (Å²) in [6.45, 7) is 1.76. The number of primary amides is 1. The molecule has 20 nitrogen and oxygen atoms in total. The number of rotatable bonds is 9. The lowest BCUT2D eigenvalue weighted by molar-refractivity contribution is -0.135. The van der Waals surface area contributed by atoms with Crippen molar-refractivity contribution in [3.05, 3.63) is 54.2 Å². The molecular weight excluding hydrogens is 726 g/mol. The zero-order valence-electron chi connectivity index (χ0n) is 31.2. The van der Waals surface area contributed by atoms with Gasteiger partial charge in [-0.05, 0) is 50.7 Å². The van der Waals surface area contributed by atoms with Crippen LogP contribution in [-0.4, -0.2) is 106 Å². The first-order valence-electron chi connectivity index (χ1n) is 18.4. The van der Waals surface area contributed by atoms with Gasteiger partial charge in [0.15, 0.2) is 5.96 Å². The van der Waals surface area contributed by atoms with E-state index in [1.54, 1.807) is 6.20 Å². The van der Waals surface area contributed by atoms with Crippen LogP contribution in [-0.2, 0) is 46.4 Å². The van der Waals surface area contributed by atoms with Crippen LogP contribution in [0.15, 0.2) is 48.0 Å². The van der Waals surface area contributed by atoms with Crippen LogP contribution in [0.25, 0.3) is 10.9 Å². The number of H-pyrrole nitrogens is 2.